The zero-order valence-electron chi connectivity index (χ0n) is 17.3. The molecule has 0 unspecified atom stereocenters. The van der Waals surface area contributed by atoms with E-state index in [2.05, 4.69) is 55.5 Å². The number of benzene rings is 1. The highest BCUT2D eigenvalue weighted by Gasteiger charge is 2.17. The lowest BCUT2D eigenvalue weighted by molar-refractivity contribution is 0.585. The highest BCUT2D eigenvalue weighted by molar-refractivity contribution is 5.73. The van der Waals surface area contributed by atoms with Crippen LogP contribution in [0.25, 0.3) is 22.5 Å². The van der Waals surface area contributed by atoms with E-state index in [4.69, 9.17) is 6.42 Å². The average molecular weight is 409 g/mol. The van der Waals surface area contributed by atoms with Crippen LogP contribution in [-0.2, 0) is 6.54 Å². The number of H-pyrrole nitrogens is 1. The zero-order valence-corrected chi connectivity index (χ0v) is 17.3. The van der Waals surface area contributed by atoms with E-state index in [1.807, 2.05) is 47.5 Å². The first kappa shape index (κ1) is 19.2. The standard InChI is InChI=1S/C25H24N6/c1-2-20-14-24(29-25(20)30-12-10-26-11-13-30)21-8-9-27-23(15-21)22-16-28-31(18-22)17-19-6-4-3-5-7-19/h1,3-9,14-16,18,26,29H,10-13,17H2. The van der Waals surface area contributed by atoms with Crippen molar-refractivity contribution < 1.29 is 0 Å². The molecule has 31 heavy (non-hydrogen) atoms. The second-order valence-corrected chi connectivity index (χ2v) is 7.67. The Kier molecular flexibility index (Phi) is 5.26. The summed E-state index contributed by atoms with van der Waals surface area (Å²) in [7, 11) is 0. The summed E-state index contributed by atoms with van der Waals surface area (Å²) in [5, 5.41) is 7.89. The van der Waals surface area contributed by atoms with Gasteiger partial charge < -0.3 is 15.2 Å². The van der Waals surface area contributed by atoms with Crippen LogP contribution >= 0.6 is 0 Å². The number of aromatic amines is 1. The van der Waals surface area contributed by atoms with Crippen molar-refractivity contribution in [3.05, 3.63) is 78.2 Å². The molecule has 154 valence electrons. The second-order valence-electron chi connectivity index (χ2n) is 7.67. The molecule has 6 heteroatoms. The van der Waals surface area contributed by atoms with E-state index in [9.17, 15) is 0 Å². The molecule has 0 saturated carbocycles. The molecule has 0 bridgehead atoms. The van der Waals surface area contributed by atoms with Gasteiger partial charge in [0.25, 0.3) is 0 Å². The predicted molar refractivity (Wildman–Crippen MR) is 124 cm³/mol. The molecule has 0 atom stereocenters. The topological polar surface area (TPSA) is 61.8 Å². The van der Waals surface area contributed by atoms with Gasteiger partial charge >= 0.3 is 0 Å². The van der Waals surface area contributed by atoms with Crippen LogP contribution < -0.4 is 10.2 Å². The number of piperazine rings is 1. The summed E-state index contributed by atoms with van der Waals surface area (Å²) in [5.41, 5.74) is 6.04. The molecule has 1 aliphatic rings. The van der Waals surface area contributed by atoms with Crippen LogP contribution in [0.15, 0.2) is 67.1 Å². The molecule has 2 N–H and O–H groups in total. The molecule has 0 spiro atoms. The lowest BCUT2D eigenvalue weighted by atomic mass is 10.1. The molecule has 6 nitrogen and oxygen atoms in total. The number of pyridine rings is 1. The van der Waals surface area contributed by atoms with Gasteiger partial charge in [0.1, 0.15) is 5.82 Å². The van der Waals surface area contributed by atoms with Crippen LogP contribution in [0.1, 0.15) is 11.1 Å². The fourth-order valence-corrected chi connectivity index (χ4v) is 3.96. The molecule has 1 saturated heterocycles. The second kappa shape index (κ2) is 8.50. The Hall–Kier alpha value is -3.82. The van der Waals surface area contributed by atoms with Crippen molar-refractivity contribution in [2.24, 2.45) is 0 Å². The summed E-state index contributed by atoms with van der Waals surface area (Å²) >= 11 is 0. The molecular formula is C25H24N6. The van der Waals surface area contributed by atoms with E-state index in [0.29, 0.717) is 0 Å². The monoisotopic (exact) mass is 408 g/mol. The van der Waals surface area contributed by atoms with E-state index in [0.717, 1.165) is 66.6 Å². The van der Waals surface area contributed by atoms with Crippen molar-refractivity contribution in [2.75, 3.05) is 31.1 Å². The number of nitrogens with zero attached hydrogens (tertiary/aromatic N) is 4. The Morgan fingerprint density at radius 3 is 2.68 bits per heavy atom. The smallest absolute Gasteiger partial charge is 0.122 e. The third-order valence-corrected chi connectivity index (χ3v) is 5.57. The third-order valence-electron chi connectivity index (χ3n) is 5.57. The largest absolute Gasteiger partial charge is 0.355 e. The van der Waals surface area contributed by atoms with Crippen LogP contribution in [0.3, 0.4) is 0 Å². The highest BCUT2D eigenvalue weighted by atomic mass is 15.3. The molecular weight excluding hydrogens is 384 g/mol. The Morgan fingerprint density at radius 1 is 1.03 bits per heavy atom. The van der Waals surface area contributed by atoms with E-state index >= 15 is 0 Å². The molecule has 1 aliphatic heterocycles. The quantitative estimate of drug-likeness (QED) is 0.497. The molecule has 1 aromatic carbocycles. The minimum Gasteiger partial charge on any atom is -0.355 e. The lowest BCUT2D eigenvalue weighted by Gasteiger charge is -2.28. The molecule has 3 aromatic heterocycles. The number of terminal acetylenes is 1. The first-order valence-corrected chi connectivity index (χ1v) is 10.5. The number of hydrogen-bond acceptors (Lipinski definition) is 4. The molecule has 0 radical (unpaired) electrons. The normalized spacial score (nSPS) is 13.8. The first-order valence-electron chi connectivity index (χ1n) is 10.5. The Balaban J connectivity index is 1.41. The first-order chi connectivity index (χ1) is 15.3. The van der Waals surface area contributed by atoms with Gasteiger partial charge in [0.15, 0.2) is 0 Å². The summed E-state index contributed by atoms with van der Waals surface area (Å²) in [6, 6.07) is 16.4. The number of aromatic nitrogens is 4. The van der Waals surface area contributed by atoms with Gasteiger partial charge in [0, 0.05) is 55.4 Å². The maximum absolute atomic E-state index is 5.80. The van der Waals surface area contributed by atoms with Crippen LogP contribution in [0, 0.1) is 12.3 Å². The minimum absolute atomic E-state index is 0.733. The molecule has 1 fully saturated rings. The van der Waals surface area contributed by atoms with Gasteiger partial charge in [-0.05, 0) is 23.8 Å². The van der Waals surface area contributed by atoms with Crippen molar-refractivity contribution in [3.8, 4) is 34.9 Å². The maximum atomic E-state index is 5.80. The summed E-state index contributed by atoms with van der Waals surface area (Å²) < 4.78 is 1.94. The number of rotatable bonds is 5. The van der Waals surface area contributed by atoms with Crippen LogP contribution in [-0.4, -0.2) is 45.9 Å². The van der Waals surface area contributed by atoms with Crippen molar-refractivity contribution >= 4 is 5.82 Å². The van der Waals surface area contributed by atoms with Gasteiger partial charge in [0.05, 0.1) is 24.0 Å². The third kappa shape index (κ3) is 4.09. The Morgan fingerprint density at radius 2 is 1.87 bits per heavy atom. The number of hydrogen-bond donors (Lipinski definition) is 2. The van der Waals surface area contributed by atoms with Gasteiger partial charge in [-0.3, -0.25) is 9.67 Å². The van der Waals surface area contributed by atoms with Crippen molar-refractivity contribution in [1.82, 2.24) is 25.1 Å². The van der Waals surface area contributed by atoms with Gasteiger partial charge in [-0.2, -0.15) is 5.10 Å². The molecule has 5 rings (SSSR count). The van der Waals surface area contributed by atoms with Crippen molar-refractivity contribution in [3.63, 3.8) is 0 Å². The van der Waals surface area contributed by atoms with Crippen LogP contribution in [0.2, 0.25) is 0 Å². The van der Waals surface area contributed by atoms with E-state index in [1.54, 1.807) is 0 Å². The van der Waals surface area contributed by atoms with Gasteiger partial charge in [-0.15, -0.1) is 6.42 Å². The van der Waals surface area contributed by atoms with E-state index in [1.165, 1.54) is 5.56 Å². The molecule has 0 aliphatic carbocycles. The molecule has 4 heterocycles. The van der Waals surface area contributed by atoms with E-state index < -0.39 is 0 Å². The summed E-state index contributed by atoms with van der Waals surface area (Å²) in [4.78, 5) is 10.4. The Labute approximate surface area is 181 Å². The van der Waals surface area contributed by atoms with Gasteiger partial charge in [-0.1, -0.05) is 36.3 Å². The highest BCUT2D eigenvalue weighted by Crippen LogP contribution is 2.29. The molecule has 4 aromatic rings. The number of anilines is 1. The van der Waals surface area contributed by atoms with E-state index in [-0.39, 0.29) is 0 Å². The van der Waals surface area contributed by atoms with Crippen LogP contribution in [0.5, 0.6) is 0 Å². The fourth-order valence-electron chi connectivity index (χ4n) is 3.96. The van der Waals surface area contributed by atoms with Crippen molar-refractivity contribution in [1.29, 1.82) is 0 Å². The summed E-state index contributed by atoms with van der Waals surface area (Å²) in [6.45, 7) is 4.54. The minimum atomic E-state index is 0.733. The maximum Gasteiger partial charge on any atom is 0.122 e. The van der Waals surface area contributed by atoms with Gasteiger partial charge in [-0.25, -0.2) is 0 Å². The summed E-state index contributed by atoms with van der Waals surface area (Å²) in [6.07, 6.45) is 11.5. The Bertz CT molecular complexity index is 1210. The average Bonchev–Trinajstić information content (AvgIpc) is 3.48. The fraction of sp³-hybridized carbons (Fsp3) is 0.200. The SMILES string of the molecule is C#Cc1cc(-c2ccnc(-c3cnn(Cc4ccccc4)c3)c2)[nH]c1N1CCNCC1. The number of nitrogens with one attached hydrogen (secondary N) is 2. The molecule has 0 amide bonds. The lowest BCUT2D eigenvalue weighted by Crippen LogP contribution is -2.44. The van der Waals surface area contributed by atoms with Crippen molar-refractivity contribution in [2.45, 2.75) is 6.54 Å². The zero-order chi connectivity index (χ0) is 21.0. The predicted octanol–water partition coefficient (Wildman–Crippen LogP) is 3.38. The summed E-state index contributed by atoms with van der Waals surface area (Å²) in [5.74, 6) is 3.85. The van der Waals surface area contributed by atoms with Gasteiger partial charge in [0.2, 0.25) is 0 Å². The van der Waals surface area contributed by atoms with Crippen LogP contribution in [0.4, 0.5) is 5.82 Å².